The van der Waals surface area contributed by atoms with E-state index in [1.165, 1.54) is 6.92 Å². The molecule has 0 radical (unpaired) electrons. The molecule has 2 rings (SSSR count). The predicted octanol–water partition coefficient (Wildman–Crippen LogP) is 3.20. The van der Waals surface area contributed by atoms with E-state index in [9.17, 15) is 4.79 Å². The molecule has 108 valence electrons. The van der Waals surface area contributed by atoms with Crippen LogP contribution in [0, 0.1) is 11.3 Å². The van der Waals surface area contributed by atoms with Crippen molar-refractivity contribution in [3.63, 3.8) is 0 Å². The molecular weight excluding hydrogens is 286 g/mol. The maximum absolute atomic E-state index is 11.1. The number of hydrogen-bond donors (Lipinski definition) is 2. The molecule has 1 aromatic heterocycles. The van der Waals surface area contributed by atoms with Gasteiger partial charge in [-0.05, 0) is 18.2 Å². The summed E-state index contributed by atoms with van der Waals surface area (Å²) < 4.78 is 5.27. The van der Waals surface area contributed by atoms with Crippen LogP contribution >= 0.6 is 11.3 Å². The molecule has 2 N–H and O–H groups in total. The molecule has 6 heteroatoms. The summed E-state index contributed by atoms with van der Waals surface area (Å²) >= 11 is 1.54. The van der Waals surface area contributed by atoms with Crippen LogP contribution in [0.5, 0.6) is 5.75 Å². The molecule has 0 saturated heterocycles. The fourth-order valence-corrected chi connectivity index (χ4v) is 2.56. The van der Waals surface area contributed by atoms with Crippen molar-refractivity contribution in [3.8, 4) is 11.8 Å². The Labute approximate surface area is 127 Å². The molecule has 5 nitrogen and oxygen atoms in total. The molecule has 0 spiro atoms. The molecule has 0 atom stereocenters. The summed E-state index contributed by atoms with van der Waals surface area (Å²) in [6.45, 7) is 2.09. The molecule has 0 saturated carbocycles. The highest BCUT2D eigenvalue weighted by atomic mass is 32.1. The molecule has 0 aliphatic heterocycles. The second-order valence-electron chi connectivity index (χ2n) is 4.36. The zero-order valence-electron chi connectivity index (χ0n) is 11.8. The Kier molecular flexibility index (Phi) is 4.80. The van der Waals surface area contributed by atoms with E-state index in [-0.39, 0.29) is 5.91 Å². The monoisotopic (exact) mass is 301 g/mol. The first-order valence-electron chi connectivity index (χ1n) is 6.29. The first-order chi connectivity index (χ1) is 10.1. The number of anilines is 2. The number of ether oxygens (including phenoxy) is 1. The Hall–Kier alpha value is -2.52. The third-order valence-corrected chi connectivity index (χ3v) is 3.70. The number of amides is 1. The zero-order chi connectivity index (χ0) is 15.2. The summed E-state index contributed by atoms with van der Waals surface area (Å²) in [5.74, 6) is 0.454. The number of thiophene rings is 1. The van der Waals surface area contributed by atoms with E-state index in [1.807, 2.05) is 23.6 Å². The van der Waals surface area contributed by atoms with Crippen LogP contribution in [0.2, 0.25) is 0 Å². The van der Waals surface area contributed by atoms with Crippen LogP contribution in [0.15, 0.2) is 29.6 Å². The first-order valence-corrected chi connectivity index (χ1v) is 7.17. The van der Waals surface area contributed by atoms with E-state index >= 15 is 0 Å². The van der Waals surface area contributed by atoms with Gasteiger partial charge in [0.05, 0.1) is 18.4 Å². The Balaban J connectivity index is 2.06. The maximum Gasteiger partial charge on any atom is 0.221 e. The van der Waals surface area contributed by atoms with E-state index in [0.717, 1.165) is 10.6 Å². The molecule has 0 fully saturated rings. The van der Waals surface area contributed by atoms with E-state index in [0.29, 0.717) is 23.5 Å². The summed E-state index contributed by atoms with van der Waals surface area (Å²) in [6.07, 6.45) is 0. The van der Waals surface area contributed by atoms with Crippen LogP contribution in [0.25, 0.3) is 0 Å². The molecule has 0 aliphatic carbocycles. The number of nitrogens with one attached hydrogen (secondary N) is 2. The highest BCUT2D eigenvalue weighted by molar-refractivity contribution is 7.10. The normalized spacial score (nSPS) is 9.76. The minimum atomic E-state index is -0.142. The quantitative estimate of drug-likeness (QED) is 0.889. The molecular formula is C15H15N3O2S. The number of carbonyl (C=O) groups is 1. The standard InChI is InChI=1S/C15H15N3O2S/c1-10(19)18-14-4-3-12(6-15(14)20-2)17-8-13-5-11(7-16)9-21-13/h3-6,9,17H,8H2,1-2H3,(H,18,19). The summed E-state index contributed by atoms with van der Waals surface area (Å²) in [5.41, 5.74) is 2.20. The minimum absolute atomic E-state index is 0.142. The smallest absolute Gasteiger partial charge is 0.221 e. The highest BCUT2D eigenvalue weighted by Gasteiger charge is 2.06. The Morgan fingerprint density at radius 1 is 1.43 bits per heavy atom. The van der Waals surface area contributed by atoms with Gasteiger partial charge in [-0.25, -0.2) is 0 Å². The van der Waals surface area contributed by atoms with Gasteiger partial charge in [-0.2, -0.15) is 5.26 Å². The van der Waals surface area contributed by atoms with Crippen LogP contribution in [0.3, 0.4) is 0 Å². The lowest BCUT2D eigenvalue weighted by Crippen LogP contribution is -2.07. The fraction of sp³-hybridized carbons (Fsp3) is 0.200. The van der Waals surface area contributed by atoms with Gasteiger partial charge in [-0.1, -0.05) is 0 Å². The third kappa shape index (κ3) is 3.97. The zero-order valence-corrected chi connectivity index (χ0v) is 12.6. The highest BCUT2D eigenvalue weighted by Crippen LogP contribution is 2.28. The maximum atomic E-state index is 11.1. The lowest BCUT2D eigenvalue weighted by Gasteiger charge is -2.12. The van der Waals surface area contributed by atoms with E-state index in [2.05, 4.69) is 16.7 Å². The van der Waals surface area contributed by atoms with Crippen LogP contribution in [-0.4, -0.2) is 13.0 Å². The first kappa shape index (κ1) is 14.9. The van der Waals surface area contributed by atoms with Gasteiger partial charge in [0, 0.05) is 35.5 Å². The summed E-state index contributed by atoms with van der Waals surface area (Å²) in [6, 6.07) is 9.45. The second-order valence-corrected chi connectivity index (χ2v) is 5.36. The Morgan fingerprint density at radius 2 is 2.24 bits per heavy atom. The lowest BCUT2D eigenvalue weighted by atomic mass is 10.2. The van der Waals surface area contributed by atoms with Gasteiger partial charge in [0.15, 0.2) is 0 Å². The third-order valence-electron chi connectivity index (χ3n) is 2.76. The van der Waals surface area contributed by atoms with Crippen molar-refractivity contribution in [2.45, 2.75) is 13.5 Å². The van der Waals surface area contributed by atoms with Gasteiger partial charge < -0.3 is 15.4 Å². The van der Waals surface area contributed by atoms with Crippen molar-refractivity contribution >= 4 is 28.6 Å². The van der Waals surface area contributed by atoms with E-state index in [4.69, 9.17) is 10.00 Å². The SMILES string of the molecule is COc1cc(NCc2cc(C#N)cs2)ccc1NC(C)=O. The number of benzene rings is 1. The Bertz CT molecular complexity index is 688. The molecule has 0 bridgehead atoms. The average Bonchev–Trinajstić information content (AvgIpc) is 2.93. The van der Waals surface area contributed by atoms with Crippen molar-refractivity contribution in [3.05, 3.63) is 40.1 Å². The van der Waals surface area contributed by atoms with E-state index < -0.39 is 0 Å². The topological polar surface area (TPSA) is 74.2 Å². The van der Waals surface area contributed by atoms with Crippen molar-refractivity contribution in [2.75, 3.05) is 17.7 Å². The van der Waals surface area contributed by atoms with Crippen LogP contribution in [-0.2, 0) is 11.3 Å². The van der Waals surface area contributed by atoms with Crippen molar-refractivity contribution in [2.24, 2.45) is 0 Å². The number of hydrogen-bond acceptors (Lipinski definition) is 5. The summed E-state index contributed by atoms with van der Waals surface area (Å²) in [4.78, 5) is 12.2. The summed E-state index contributed by atoms with van der Waals surface area (Å²) in [5, 5.41) is 16.6. The van der Waals surface area contributed by atoms with E-state index in [1.54, 1.807) is 24.5 Å². The van der Waals surface area contributed by atoms with Gasteiger partial charge in [0.25, 0.3) is 0 Å². The number of nitriles is 1. The molecule has 21 heavy (non-hydrogen) atoms. The number of methoxy groups -OCH3 is 1. The van der Waals surface area contributed by atoms with Gasteiger partial charge >= 0.3 is 0 Å². The van der Waals surface area contributed by atoms with Gasteiger partial charge in [-0.15, -0.1) is 11.3 Å². The molecule has 0 aliphatic rings. The van der Waals surface area contributed by atoms with Crippen LogP contribution in [0.4, 0.5) is 11.4 Å². The molecule has 1 aromatic carbocycles. The predicted molar refractivity (Wildman–Crippen MR) is 83.7 cm³/mol. The van der Waals surface area contributed by atoms with Crippen molar-refractivity contribution in [1.82, 2.24) is 0 Å². The number of nitrogens with zero attached hydrogens (tertiary/aromatic N) is 1. The van der Waals surface area contributed by atoms with Crippen LogP contribution in [0.1, 0.15) is 17.4 Å². The average molecular weight is 301 g/mol. The van der Waals surface area contributed by atoms with Gasteiger partial charge in [0.2, 0.25) is 5.91 Å². The van der Waals surface area contributed by atoms with Gasteiger partial charge in [-0.3, -0.25) is 4.79 Å². The van der Waals surface area contributed by atoms with Crippen LogP contribution < -0.4 is 15.4 Å². The fourth-order valence-electron chi connectivity index (χ4n) is 1.82. The lowest BCUT2D eigenvalue weighted by molar-refractivity contribution is -0.114. The second kappa shape index (κ2) is 6.77. The number of carbonyl (C=O) groups excluding carboxylic acids is 1. The van der Waals surface area contributed by atoms with Crippen molar-refractivity contribution in [1.29, 1.82) is 5.26 Å². The molecule has 2 aromatic rings. The largest absolute Gasteiger partial charge is 0.494 e. The number of rotatable bonds is 5. The molecule has 1 heterocycles. The van der Waals surface area contributed by atoms with Gasteiger partial charge in [0.1, 0.15) is 11.8 Å². The Morgan fingerprint density at radius 3 is 2.86 bits per heavy atom. The summed E-state index contributed by atoms with van der Waals surface area (Å²) in [7, 11) is 1.56. The minimum Gasteiger partial charge on any atom is -0.494 e. The van der Waals surface area contributed by atoms with Crippen molar-refractivity contribution < 1.29 is 9.53 Å². The molecule has 1 amide bonds. The molecule has 0 unspecified atom stereocenters.